The summed E-state index contributed by atoms with van der Waals surface area (Å²) in [6, 6.07) is -0.228. The Balaban J connectivity index is 1.64. The van der Waals surface area contributed by atoms with Gasteiger partial charge in [-0.3, -0.25) is 0 Å². The number of hydrazine groups is 6. The molecule has 11 heteroatoms. The van der Waals surface area contributed by atoms with Crippen LogP contribution in [0.5, 0.6) is 0 Å². The van der Waals surface area contributed by atoms with Gasteiger partial charge in [0.25, 0.3) is 0 Å². The number of hydrogen-bond donors (Lipinski definition) is 6. The summed E-state index contributed by atoms with van der Waals surface area (Å²) in [5.41, 5.74) is 17.8. The van der Waals surface area contributed by atoms with Gasteiger partial charge in [-0.25, -0.2) is 20.9 Å². The molecule has 3 aliphatic heterocycles. The molecular weight excluding hydrogens is 301 g/mol. The largest absolute Gasteiger partial charge is 0.392 e. The van der Waals surface area contributed by atoms with Crippen molar-refractivity contribution in [3.8, 4) is 0 Å². The van der Waals surface area contributed by atoms with Gasteiger partial charge in [-0.05, 0) is 18.8 Å². The van der Waals surface area contributed by atoms with Crippen molar-refractivity contribution >= 4 is 0 Å². The van der Waals surface area contributed by atoms with Crippen molar-refractivity contribution in [3.63, 3.8) is 0 Å². The van der Waals surface area contributed by atoms with Gasteiger partial charge in [-0.1, -0.05) is 13.3 Å². The molecule has 3 saturated heterocycles. The van der Waals surface area contributed by atoms with E-state index in [1.54, 1.807) is 0 Å². The molecule has 8 nitrogen and oxygen atoms in total. The van der Waals surface area contributed by atoms with Crippen molar-refractivity contribution in [3.05, 3.63) is 0 Å². The van der Waals surface area contributed by atoms with E-state index < -0.39 is 12.1 Å². The molecular formula is C11H21F3N8. The minimum Gasteiger partial charge on any atom is -0.221 e. The van der Waals surface area contributed by atoms with Crippen molar-refractivity contribution in [1.82, 2.24) is 43.0 Å². The fourth-order valence-electron chi connectivity index (χ4n) is 4.35. The van der Waals surface area contributed by atoms with Crippen molar-refractivity contribution in [2.45, 2.75) is 56.8 Å². The van der Waals surface area contributed by atoms with Crippen LogP contribution in [-0.4, -0.2) is 40.6 Å². The summed E-state index contributed by atoms with van der Waals surface area (Å²) in [7, 11) is 0. The van der Waals surface area contributed by atoms with Gasteiger partial charge in [0.1, 0.15) is 12.3 Å². The third-order valence-corrected chi connectivity index (χ3v) is 5.42. The van der Waals surface area contributed by atoms with Crippen molar-refractivity contribution < 1.29 is 13.2 Å². The van der Waals surface area contributed by atoms with Gasteiger partial charge in [0.15, 0.2) is 0 Å². The summed E-state index contributed by atoms with van der Waals surface area (Å²) in [5, 5.41) is 3.88. The highest BCUT2D eigenvalue weighted by Crippen LogP contribution is 2.46. The van der Waals surface area contributed by atoms with E-state index >= 15 is 0 Å². The van der Waals surface area contributed by atoms with E-state index in [4.69, 9.17) is 0 Å². The molecule has 0 radical (unpaired) electrons. The second kappa shape index (κ2) is 5.24. The lowest BCUT2D eigenvalue weighted by molar-refractivity contribution is -0.219. The number of piperazine rings is 1. The first-order chi connectivity index (χ1) is 10.5. The Labute approximate surface area is 126 Å². The van der Waals surface area contributed by atoms with E-state index in [-0.39, 0.29) is 36.8 Å². The number of halogens is 3. The summed E-state index contributed by atoms with van der Waals surface area (Å²) in [5.74, 6) is -1.59. The normalized spacial score (nSPS) is 46.4. The summed E-state index contributed by atoms with van der Waals surface area (Å²) < 4.78 is 40.3. The van der Waals surface area contributed by atoms with Crippen LogP contribution in [0.3, 0.4) is 0 Å². The molecule has 0 spiro atoms. The predicted octanol–water partition coefficient (Wildman–Crippen LogP) is -0.953. The average Bonchev–Trinajstić information content (AvgIpc) is 3.13. The van der Waals surface area contributed by atoms with Crippen LogP contribution < -0.4 is 33.0 Å². The smallest absolute Gasteiger partial charge is 0.221 e. The van der Waals surface area contributed by atoms with Crippen LogP contribution in [0.25, 0.3) is 0 Å². The maximum Gasteiger partial charge on any atom is 0.392 e. The molecule has 6 unspecified atom stereocenters. The Morgan fingerprint density at radius 2 is 1.50 bits per heavy atom. The zero-order valence-corrected chi connectivity index (χ0v) is 12.1. The zero-order chi connectivity index (χ0) is 15.5. The molecule has 3 heterocycles. The lowest BCUT2D eigenvalue weighted by atomic mass is 9.71. The quantitative estimate of drug-likeness (QED) is 0.369. The van der Waals surface area contributed by atoms with E-state index in [1.807, 2.05) is 16.9 Å². The Morgan fingerprint density at radius 3 is 2.00 bits per heavy atom. The van der Waals surface area contributed by atoms with Crippen LogP contribution in [0.4, 0.5) is 13.2 Å². The van der Waals surface area contributed by atoms with Crippen molar-refractivity contribution in [2.75, 3.05) is 0 Å². The number of rotatable bonds is 1. The lowest BCUT2D eigenvalue weighted by Crippen LogP contribution is -2.73. The molecule has 0 bridgehead atoms. The van der Waals surface area contributed by atoms with Gasteiger partial charge < -0.3 is 0 Å². The molecule has 6 N–H and O–H groups in total. The second-order valence-electron chi connectivity index (χ2n) is 6.39. The summed E-state index contributed by atoms with van der Waals surface area (Å²) in [6.07, 6.45) is -3.24. The molecule has 0 amide bonds. The average molecular weight is 322 g/mol. The number of alkyl halides is 3. The lowest BCUT2D eigenvalue weighted by Gasteiger charge is -2.53. The predicted molar refractivity (Wildman–Crippen MR) is 70.2 cm³/mol. The number of hydrogen-bond acceptors (Lipinski definition) is 8. The molecule has 1 aliphatic carbocycles. The fraction of sp³-hybridized carbons (Fsp3) is 1.00. The van der Waals surface area contributed by atoms with Gasteiger partial charge >= 0.3 is 6.18 Å². The van der Waals surface area contributed by atoms with Crippen LogP contribution in [0.1, 0.15) is 26.2 Å². The summed E-state index contributed by atoms with van der Waals surface area (Å²) in [6.45, 7) is 1.85. The maximum absolute atomic E-state index is 13.4. The molecule has 0 aromatic rings. The number of nitrogens with one attached hydrogen (secondary N) is 6. The van der Waals surface area contributed by atoms with Crippen LogP contribution in [0, 0.1) is 11.8 Å². The topological polar surface area (TPSA) is 78.7 Å². The first-order valence-electron chi connectivity index (χ1n) is 7.66. The first kappa shape index (κ1) is 15.0. The Hall–Kier alpha value is -0.530. The second-order valence-corrected chi connectivity index (χ2v) is 6.39. The van der Waals surface area contributed by atoms with Crippen LogP contribution >= 0.6 is 0 Å². The van der Waals surface area contributed by atoms with Gasteiger partial charge in [-0.15, -0.1) is 0 Å². The highest BCUT2D eigenvalue weighted by molar-refractivity contribution is 5.04. The zero-order valence-electron chi connectivity index (χ0n) is 12.1. The molecule has 0 aromatic heterocycles. The molecule has 22 heavy (non-hydrogen) atoms. The fourth-order valence-corrected chi connectivity index (χ4v) is 4.35. The van der Waals surface area contributed by atoms with Crippen LogP contribution in [0.15, 0.2) is 0 Å². The highest BCUT2D eigenvalue weighted by atomic mass is 19.4. The number of nitrogens with zero attached hydrogens (tertiary/aromatic N) is 2. The van der Waals surface area contributed by atoms with E-state index in [1.165, 1.54) is 0 Å². The molecule has 6 atom stereocenters. The standard InChI is InChI=1S/C11H21F3N8/c1-2-5-3-7-8(4-6(5)11(12,13)14)22-10(16-18-20-22)9-15-17-19-21(7)9/h5-10,15-20H,2-4H2,1H3. The van der Waals surface area contributed by atoms with Gasteiger partial charge in [0, 0.05) is 12.1 Å². The molecule has 4 aliphatic rings. The van der Waals surface area contributed by atoms with Gasteiger partial charge in [0.2, 0.25) is 0 Å². The minimum absolute atomic E-state index is 0.00139. The SMILES string of the molecule is CCC1CC2C(CC1C(F)(F)F)N1NNNC1C1NNNN21. The van der Waals surface area contributed by atoms with Gasteiger partial charge in [0.05, 0.1) is 5.92 Å². The molecule has 4 rings (SSSR count). The van der Waals surface area contributed by atoms with E-state index in [2.05, 4.69) is 33.0 Å². The number of fused-ring (bicyclic) bond motifs is 6. The van der Waals surface area contributed by atoms with E-state index in [0.717, 1.165) is 0 Å². The molecule has 126 valence electrons. The Morgan fingerprint density at radius 1 is 0.955 bits per heavy atom. The first-order valence-corrected chi connectivity index (χ1v) is 7.66. The monoisotopic (exact) mass is 322 g/mol. The van der Waals surface area contributed by atoms with E-state index in [0.29, 0.717) is 12.8 Å². The maximum atomic E-state index is 13.4. The highest BCUT2D eigenvalue weighted by Gasteiger charge is 2.58. The summed E-state index contributed by atoms with van der Waals surface area (Å²) >= 11 is 0. The summed E-state index contributed by atoms with van der Waals surface area (Å²) in [4.78, 5) is 0. The third kappa shape index (κ3) is 2.16. The van der Waals surface area contributed by atoms with Crippen LogP contribution in [-0.2, 0) is 0 Å². The van der Waals surface area contributed by atoms with Crippen molar-refractivity contribution in [1.29, 1.82) is 0 Å². The van der Waals surface area contributed by atoms with Gasteiger partial charge in [-0.2, -0.15) is 35.3 Å². The minimum atomic E-state index is -4.15. The Bertz CT molecular complexity index is 434. The van der Waals surface area contributed by atoms with Crippen molar-refractivity contribution in [2.24, 2.45) is 11.8 Å². The molecule has 4 fully saturated rings. The third-order valence-electron chi connectivity index (χ3n) is 5.42. The Kier molecular flexibility index (Phi) is 3.58. The molecule has 1 saturated carbocycles. The van der Waals surface area contributed by atoms with Crippen LogP contribution in [0.2, 0.25) is 0 Å². The molecule has 0 aromatic carbocycles. The van der Waals surface area contributed by atoms with E-state index in [9.17, 15) is 13.2 Å².